The zero-order chi connectivity index (χ0) is 41.9. The molecule has 0 radical (unpaired) electrons. The van der Waals surface area contributed by atoms with Crippen molar-refractivity contribution in [1.29, 1.82) is 0 Å². The molecule has 0 saturated carbocycles. The lowest BCUT2D eigenvalue weighted by Gasteiger charge is -2.16. The van der Waals surface area contributed by atoms with E-state index in [1.165, 1.54) is 24.5 Å². The summed E-state index contributed by atoms with van der Waals surface area (Å²) in [6.45, 7) is 7.01. The molecular formula is C35H32Br4Cl2F6N4O4. The molecule has 2 aromatic heterocycles. The number of aromatic nitrogens is 4. The molecule has 0 bridgehead atoms. The minimum atomic E-state index is -4.46. The van der Waals surface area contributed by atoms with Crippen molar-refractivity contribution in [2.24, 2.45) is 0 Å². The van der Waals surface area contributed by atoms with Gasteiger partial charge in [0.15, 0.2) is 11.6 Å². The summed E-state index contributed by atoms with van der Waals surface area (Å²) in [7, 11) is 0. The highest BCUT2D eigenvalue weighted by Crippen LogP contribution is 2.35. The average Bonchev–Trinajstić information content (AvgIpc) is 3.14. The number of hydrogen-bond acceptors (Lipinski definition) is 8. The van der Waals surface area contributed by atoms with E-state index in [2.05, 4.69) is 80.1 Å². The van der Waals surface area contributed by atoms with E-state index in [9.17, 15) is 35.9 Å². The summed E-state index contributed by atoms with van der Waals surface area (Å²) in [5, 5.41) is 0.194. The second-order valence-electron chi connectivity index (χ2n) is 10.5. The topological polar surface area (TPSA) is 104 Å². The normalized spacial score (nSPS) is 12.1. The molecule has 0 aliphatic heterocycles. The lowest BCUT2D eigenvalue weighted by atomic mass is 10.1. The van der Waals surface area contributed by atoms with Crippen LogP contribution in [0, 0.1) is 13.8 Å². The van der Waals surface area contributed by atoms with Crippen molar-refractivity contribution in [3.8, 4) is 22.8 Å². The summed E-state index contributed by atoms with van der Waals surface area (Å²) < 4.78 is 87.6. The van der Waals surface area contributed by atoms with E-state index < -0.39 is 45.1 Å². The molecule has 55 heavy (non-hydrogen) atoms. The Morgan fingerprint density at radius 2 is 1.22 bits per heavy atom. The van der Waals surface area contributed by atoms with Gasteiger partial charge >= 0.3 is 24.3 Å². The zero-order valence-electron chi connectivity index (χ0n) is 29.2. The summed E-state index contributed by atoms with van der Waals surface area (Å²) in [6, 6.07) is 10.4. The van der Waals surface area contributed by atoms with Crippen molar-refractivity contribution >= 4 is 101 Å². The SMILES string of the molecule is BrBr.CCOC(=O)/C=C/c1ccnc(-c2cc(C)cc(C(F)(F)F)c2)n1.CCOC(=O)C(Br)C(Br)c1ccnc(-c2cc(C)cc(C(F)(F)F)c2)n1.ClCCl. The van der Waals surface area contributed by atoms with Gasteiger partial charge in [-0.2, -0.15) is 26.3 Å². The molecule has 8 nitrogen and oxygen atoms in total. The van der Waals surface area contributed by atoms with E-state index in [4.69, 9.17) is 32.7 Å². The molecule has 2 aromatic carbocycles. The third-order valence-electron chi connectivity index (χ3n) is 6.41. The van der Waals surface area contributed by atoms with Crippen LogP contribution in [0.3, 0.4) is 0 Å². The molecule has 0 fully saturated rings. The quantitative estimate of drug-likeness (QED) is 0.0707. The fourth-order valence-electron chi connectivity index (χ4n) is 4.26. The summed E-state index contributed by atoms with van der Waals surface area (Å²) >= 11 is 21.6. The Bertz CT molecular complexity index is 1870. The second-order valence-corrected chi connectivity index (χ2v) is 13.3. The van der Waals surface area contributed by atoms with E-state index in [-0.39, 0.29) is 41.3 Å². The minimum absolute atomic E-state index is 0.143. The van der Waals surface area contributed by atoms with Gasteiger partial charge in [0.05, 0.1) is 45.9 Å². The van der Waals surface area contributed by atoms with Crippen LogP contribution in [0.25, 0.3) is 28.9 Å². The van der Waals surface area contributed by atoms with Gasteiger partial charge in [-0.05, 0) is 93.4 Å². The molecule has 20 heteroatoms. The molecular weight excluding hydrogens is 1040 g/mol. The first-order valence-electron chi connectivity index (χ1n) is 15.4. The van der Waals surface area contributed by atoms with Crippen LogP contribution < -0.4 is 0 Å². The van der Waals surface area contributed by atoms with Crippen molar-refractivity contribution in [1.82, 2.24) is 19.9 Å². The molecule has 2 atom stereocenters. The molecule has 0 amide bonds. The van der Waals surface area contributed by atoms with Crippen molar-refractivity contribution < 1.29 is 45.4 Å². The predicted octanol–water partition coefficient (Wildman–Crippen LogP) is 12.4. The van der Waals surface area contributed by atoms with E-state index >= 15 is 0 Å². The van der Waals surface area contributed by atoms with Gasteiger partial charge in [-0.15, -0.1) is 23.2 Å². The third kappa shape index (κ3) is 17.6. The molecule has 2 unspecified atom stereocenters. The molecule has 0 N–H and O–H groups in total. The Hall–Kier alpha value is -2.64. The molecule has 4 aromatic rings. The molecule has 0 saturated heterocycles. The Balaban J connectivity index is 0.000000494. The predicted molar refractivity (Wildman–Crippen MR) is 216 cm³/mol. The zero-order valence-corrected chi connectivity index (χ0v) is 37.0. The van der Waals surface area contributed by atoms with Gasteiger partial charge in [-0.1, -0.05) is 31.9 Å². The van der Waals surface area contributed by atoms with Gasteiger partial charge in [0.25, 0.3) is 0 Å². The standard InChI is InChI=1S/C17H15Br2F3N2O2.C17H15F3N2O2.CH2Cl2.Br2/c1-3-26-16(25)14(19)13(18)12-4-5-23-15(24-12)10-6-9(2)7-11(8-10)17(20,21)22;1-3-24-15(23)5-4-14-6-7-21-16(22-14)12-8-11(2)9-13(10-12)17(18,19)20;2-1-3;1-2/h4-8,13-14H,3H2,1-2H3;4-10H,3H2,1-2H3;1H2;/b;5-4+;;. The molecule has 2 heterocycles. The number of hydrogen-bond donors (Lipinski definition) is 0. The fourth-order valence-corrected chi connectivity index (χ4v) is 5.13. The third-order valence-corrected chi connectivity index (χ3v) is 9.02. The number of aryl methyl sites for hydroxylation is 2. The number of carbonyl (C=O) groups is 2. The van der Waals surface area contributed by atoms with E-state index in [1.54, 1.807) is 52.0 Å². The summed E-state index contributed by atoms with van der Waals surface area (Å²) in [5.74, 6) is -0.697. The van der Waals surface area contributed by atoms with Gasteiger partial charge in [0.2, 0.25) is 0 Å². The molecule has 0 aliphatic carbocycles. The first kappa shape index (κ1) is 50.4. The van der Waals surface area contributed by atoms with Crippen LogP contribution >= 0.6 is 83.3 Å². The van der Waals surface area contributed by atoms with Gasteiger partial charge < -0.3 is 9.47 Å². The number of alkyl halides is 10. The number of carbonyl (C=O) groups excluding carboxylic acids is 2. The van der Waals surface area contributed by atoms with E-state index in [1.807, 2.05) is 0 Å². The maximum atomic E-state index is 13.0. The number of halogens is 12. The highest BCUT2D eigenvalue weighted by atomic mass is 80.9. The molecule has 0 aliphatic rings. The van der Waals surface area contributed by atoms with Crippen LogP contribution in [0.4, 0.5) is 26.3 Å². The van der Waals surface area contributed by atoms with Crippen LogP contribution in [0.5, 0.6) is 0 Å². The average molecular weight is 1080 g/mol. The van der Waals surface area contributed by atoms with Crippen LogP contribution in [0.2, 0.25) is 0 Å². The van der Waals surface area contributed by atoms with E-state index in [0.29, 0.717) is 22.5 Å². The van der Waals surface area contributed by atoms with Crippen LogP contribution in [-0.2, 0) is 31.4 Å². The van der Waals surface area contributed by atoms with Crippen molar-refractivity contribution in [2.45, 2.75) is 49.7 Å². The molecule has 0 spiro atoms. The highest BCUT2D eigenvalue weighted by molar-refractivity contribution is 9.93. The van der Waals surface area contributed by atoms with Gasteiger partial charge in [0, 0.05) is 57.9 Å². The van der Waals surface area contributed by atoms with Crippen LogP contribution in [0.15, 0.2) is 67.0 Å². The lowest BCUT2D eigenvalue weighted by molar-refractivity contribution is -0.142. The maximum absolute atomic E-state index is 13.0. The summed E-state index contributed by atoms with van der Waals surface area (Å²) in [4.78, 5) is 38.5. The Labute approximate surface area is 355 Å². The number of rotatable bonds is 9. The van der Waals surface area contributed by atoms with Crippen molar-refractivity contribution in [2.75, 3.05) is 18.6 Å². The number of esters is 2. The Kier molecular flexibility index (Phi) is 22.8. The largest absolute Gasteiger partial charge is 0.465 e. The van der Waals surface area contributed by atoms with Crippen LogP contribution in [0.1, 0.15) is 52.3 Å². The first-order chi connectivity index (χ1) is 25.8. The van der Waals surface area contributed by atoms with Gasteiger partial charge in [0.1, 0.15) is 4.83 Å². The maximum Gasteiger partial charge on any atom is 0.416 e. The van der Waals surface area contributed by atoms with Crippen molar-refractivity contribution in [3.05, 3.63) is 101 Å². The minimum Gasteiger partial charge on any atom is -0.465 e. The number of nitrogens with zero attached hydrogens (tertiary/aromatic N) is 4. The first-order valence-corrected chi connectivity index (χ1v) is 22.1. The number of ether oxygens (including phenoxy) is 2. The fraction of sp³-hybridized carbons (Fsp3) is 0.314. The van der Waals surface area contributed by atoms with Gasteiger partial charge in [-0.25, -0.2) is 24.7 Å². The molecule has 4 rings (SSSR count). The second kappa shape index (κ2) is 24.9. The summed E-state index contributed by atoms with van der Waals surface area (Å²) in [5.41, 5.74) is 0.730. The Morgan fingerprint density at radius 3 is 1.67 bits per heavy atom. The summed E-state index contributed by atoms with van der Waals surface area (Å²) in [6.07, 6.45) is -3.42. The number of benzene rings is 2. The monoisotopic (exact) mass is 1070 g/mol. The van der Waals surface area contributed by atoms with Gasteiger partial charge in [-0.3, -0.25) is 4.79 Å². The Morgan fingerprint density at radius 1 is 0.764 bits per heavy atom. The smallest absolute Gasteiger partial charge is 0.416 e. The van der Waals surface area contributed by atoms with E-state index in [0.717, 1.165) is 24.3 Å². The molecule has 300 valence electrons. The highest BCUT2D eigenvalue weighted by Gasteiger charge is 2.32. The van der Waals surface area contributed by atoms with Crippen molar-refractivity contribution in [3.63, 3.8) is 0 Å². The lowest BCUT2D eigenvalue weighted by Crippen LogP contribution is -2.22. The van der Waals surface area contributed by atoms with Crippen LogP contribution in [-0.4, -0.2) is 55.3 Å².